The second kappa shape index (κ2) is 13.5. The van der Waals surface area contributed by atoms with Crippen LogP contribution in [0.25, 0.3) is 0 Å². The Labute approximate surface area is 229 Å². The maximum absolute atomic E-state index is 13.7. The van der Waals surface area contributed by atoms with E-state index in [-0.39, 0.29) is 31.0 Å². The Balaban J connectivity index is 1.93. The van der Waals surface area contributed by atoms with Crippen LogP contribution in [0.2, 0.25) is 10.0 Å². The van der Waals surface area contributed by atoms with Crippen LogP contribution >= 0.6 is 23.2 Å². The van der Waals surface area contributed by atoms with Crippen LogP contribution < -0.4 is 10.1 Å². The molecule has 0 aliphatic carbocycles. The van der Waals surface area contributed by atoms with Gasteiger partial charge in [0.25, 0.3) is 5.91 Å². The quantitative estimate of drug-likeness (QED) is 0.295. The van der Waals surface area contributed by atoms with Crippen LogP contribution in [0.1, 0.15) is 50.3 Å². The average molecular weight is 542 g/mol. The summed E-state index contributed by atoms with van der Waals surface area (Å²) >= 11 is 12.9. The first-order valence-corrected chi connectivity index (χ1v) is 13.2. The Hall–Kier alpha value is -3.02. The molecule has 3 aromatic carbocycles. The maximum atomic E-state index is 13.7. The van der Waals surface area contributed by atoms with E-state index >= 15 is 0 Å². The average Bonchev–Trinajstić information content (AvgIpc) is 2.86. The van der Waals surface area contributed by atoms with Crippen molar-refractivity contribution in [3.05, 3.63) is 99.5 Å². The van der Waals surface area contributed by atoms with Gasteiger partial charge in [-0.25, -0.2) is 0 Å². The largest absolute Gasteiger partial charge is 0.484 e. The van der Waals surface area contributed by atoms with Crippen molar-refractivity contribution in [3.8, 4) is 5.75 Å². The van der Waals surface area contributed by atoms with Crippen molar-refractivity contribution >= 4 is 35.0 Å². The molecule has 0 radical (unpaired) electrons. The third-order valence-electron chi connectivity index (χ3n) is 6.00. The molecule has 1 N–H and O–H groups in total. The molecule has 1 atom stereocenters. The van der Waals surface area contributed by atoms with Crippen molar-refractivity contribution in [2.75, 3.05) is 6.61 Å². The van der Waals surface area contributed by atoms with Crippen molar-refractivity contribution in [2.24, 2.45) is 0 Å². The lowest BCUT2D eigenvalue weighted by atomic mass is 10.0. The molecule has 37 heavy (non-hydrogen) atoms. The molecule has 0 bridgehead atoms. The molecule has 0 aliphatic rings. The first-order chi connectivity index (χ1) is 17.7. The van der Waals surface area contributed by atoms with Gasteiger partial charge in [0, 0.05) is 34.6 Å². The van der Waals surface area contributed by atoms with Crippen LogP contribution in [0.4, 0.5) is 0 Å². The van der Waals surface area contributed by atoms with Gasteiger partial charge in [0.2, 0.25) is 5.91 Å². The van der Waals surface area contributed by atoms with Gasteiger partial charge in [0.1, 0.15) is 11.8 Å². The molecule has 0 fully saturated rings. The maximum Gasteiger partial charge on any atom is 0.261 e. The Morgan fingerprint density at radius 1 is 0.865 bits per heavy atom. The molecule has 1 unspecified atom stereocenters. The number of halogens is 2. The van der Waals surface area contributed by atoms with Gasteiger partial charge in [-0.1, -0.05) is 85.6 Å². The summed E-state index contributed by atoms with van der Waals surface area (Å²) in [5, 5.41) is 3.82. The zero-order valence-electron chi connectivity index (χ0n) is 21.7. The smallest absolute Gasteiger partial charge is 0.261 e. The normalized spacial score (nSPS) is 11.9. The number of rotatable bonds is 11. The highest BCUT2D eigenvalue weighted by molar-refractivity contribution is 6.36. The Morgan fingerprint density at radius 3 is 2.05 bits per heavy atom. The fourth-order valence-electron chi connectivity index (χ4n) is 3.97. The zero-order chi connectivity index (χ0) is 26.9. The molecule has 7 heteroatoms. The Kier molecular flexibility index (Phi) is 10.4. The number of ether oxygens (including phenoxy) is 1. The molecule has 0 saturated heterocycles. The first kappa shape index (κ1) is 28.5. The summed E-state index contributed by atoms with van der Waals surface area (Å²) in [4.78, 5) is 28.6. The highest BCUT2D eigenvalue weighted by Gasteiger charge is 2.32. The van der Waals surface area contributed by atoms with Gasteiger partial charge in [0.15, 0.2) is 6.61 Å². The van der Waals surface area contributed by atoms with Crippen LogP contribution in [0.5, 0.6) is 5.75 Å². The summed E-state index contributed by atoms with van der Waals surface area (Å²) in [7, 11) is 0. The molecule has 0 aromatic heterocycles. The number of carbonyl (C=O) groups is 2. The van der Waals surface area contributed by atoms with Gasteiger partial charge >= 0.3 is 0 Å². The number of benzene rings is 3. The minimum atomic E-state index is -0.795. The number of hydrogen-bond donors (Lipinski definition) is 1. The van der Waals surface area contributed by atoms with E-state index in [1.54, 1.807) is 18.2 Å². The van der Waals surface area contributed by atoms with E-state index < -0.39 is 6.04 Å². The lowest BCUT2D eigenvalue weighted by molar-refractivity contribution is -0.143. The zero-order valence-corrected chi connectivity index (χ0v) is 23.2. The molecule has 0 saturated carbocycles. The van der Waals surface area contributed by atoms with E-state index in [1.807, 2.05) is 68.4 Å². The standard InChI is InChI=1S/C30H34Cl2N2O3/c1-20(2)23-13-15-24(16-14-23)37-19-29(35)34(18-25-26(31)11-8-12-27(25)32)28(30(36)33-21(3)4)17-22-9-6-5-7-10-22/h5-16,20-21,28H,17-19H2,1-4H3,(H,33,36). The third kappa shape index (κ3) is 8.24. The SMILES string of the molecule is CC(C)NC(=O)C(Cc1ccccc1)N(Cc1c(Cl)cccc1Cl)C(=O)COc1ccc(C(C)C)cc1. The molecule has 0 spiro atoms. The van der Waals surface area contributed by atoms with Crippen LogP contribution in [0, 0.1) is 0 Å². The van der Waals surface area contributed by atoms with E-state index in [9.17, 15) is 9.59 Å². The molecular weight excluding hydrogens is 507 g/mol. The van der Waals surface area contributed by atoms with E-state index in [2.05, 4.69) is 19.2 Å². The second-order valence-electron chi connectivity index (χ2n) is 9.60. The molecule has 2 amide bonds. The van der Waals surface area contributed by atoms with E-state index in [0.29, 0.717) is 33.7 Å². The Morgan fingerprint density at radius 2 is 1.49 bits per heavy atom. The number of nitrogens with zero attached hydrogens (tertiary/aromatic N) is 1. The van der Waals surface area contributed by atoms with Gasteiger partial charge in [-0.05, 0) is 55.2 Å². The molecule has 5 nitrogen and oxygen atoms in total. The van der Waals surface area contributed by atoms with Crippen molar-refractivity contribution in [1.82, 2.24) is 10.2 Å². The van der Waals surface area contributed by atoms with Crippen LogP contribution in [-0.4, -0.2) is 35.4 Å². The predicted octanol–water partition coefficient (Wildman–Crippen LogP) is 6.66. The highest BCUT2D eigenvalue weighted by Crippen LogP contribution is 2.27. The Bertz CT molecular complexity index is 1160. The molecule has 0 aliphatic heterocycles. The van der Waals surface area contributed by atoms with Crippen molar-refractivity contribution in [3.63, 3.8) is 0 Å². The van der Waals surface area contributed by atoms with Crippen LogP contribution in [0.15, 0.2) is 72.8 Å². The topological polar surface area (TPSA) is 58.6 Å². The van der Waals surface area contributed by atoms with E-state index in [0.717, 1.165) is 5.56 Å². The summed E-state index contributed by atoms with van der Waals surface area (Å²) in [6, 6.07) is 21.6. The van der Waals surface area contributed by atoms with Crippen molar-refractivity contribution in [1.29, 1.82) is 0 Å². The molecular formula is C30H34Cl2N2O3. The second-order valence-corrected chi connectivity index (χ2v) is 10.4. The molecule has 0 heterocycles. The van der Waals surface area contributed by atoms with Gasteiger partial charge < -0.3 is 15.0 Å². The first-order valence-electron chi connectivity index (χ1n) is 12.4. The lowest BCUT2D eigenvalue weighted by Gasteiger charge is -2.32. The fraction of sp³-hybridized carbons (Fsp3) is 0.333. The van der Waals surface area contributed by atoms with Gasteiger partial charge in [-0.2, -0.15) is 0 Å². The molecule has 3 aromatic rings. The summed E-state index contributed by atoms with van der Waals surface area (Å²) < 4.78 is 5.85. The third-order valence-corrected chi connectivity index (χ3v) is 6.71. The monoisotopic (exact) mass is 540 g/mol. The predicted molar refractivity (Wildman–Crippen MR) is 150 cm³/mol. The fourth-order valence-corrected chi connectivity index (χ4v) is 4.48. The number of amides is 2. The molecule has 3 rings (SSSR count). The number of nitrogens with one attached hydrogen (secondary N) is 1. The van der Waals surface area contributed by atoms with Crippen LogP contribution in [-0.2, 0) is 22.6 Å². The summed E-state index contributed by atoms with van der Waals surface area (Å²) in [6.45, 7) is 7.84. The summed E-state index contributed by atoms with van der Waals surface area (Å²) in [5.74, 6) is 0.380. The van der Waals surface area contributed by atoms with Crippen molar-refractivity contribution < 1.29 is 14.3 Å². The number of carbonyl (C=O) groups excluding carboxylic acids is 2. The lowest BCUT2D eigenvalue weighted by Crippen LogP contribution is -2.52. The number of hydrogen-bond acceptors (Lipinski definition) is 3. The van der Waals surface area contributed by atoms with E-state index in [1.165, 1.54) is 10.5 Å². The summed E-state index contributed by atoms with van der Waals surface area (Å²) in [5.41, 5.74) is 2.69. The summed E-state index contributed by atoms with van der Waals surface area (Å²) in [6.07, 6.45) is 0.330. The van der Waals surface area contributed by atoms with Crippen LogP contribution in [0.3, 0.4) is 0 Å². The van der Waals surface area contributed by atoms with Gasteiger partial charge in [-0.3, -0.25) is 9.59 Å². The van der Waals surface area contributed by atoms with Gasteiger partial charge in [-0.15, -0.1) is 0 Å². The minimum absolute atomic E-state index is 0.0655. The molecule has 196 valence electrons. The highest BCUT2D eigenvalue weighted by atomic mass is 35.5. The van der Waals surface area contributed by atoms with Gasteiger partial charge in [0.05, 0.1) is 0 Å². The van der Waals surface area contributed by atoms with Crippen molar-refractivity contribution in [2.45, 2.75) is 58.7 Å². The minimum Gasteiger partial charge on any atom is -0.484 e. The van der Waals surface area contributed by atoms with E-state index in [4.69, 9.17) is 27.9 Å².